The van der Waals surface area contributed by atoms with Crippen LogP contribution in [0.15, 0.2) is 48.7 Å². The molecule has 1 saturated heterocycles. The van der Waals surface area contributed by atoms with E-state index in [-0.39, 0.29) is 17.4 Å². The van der Waals surface area contributed by atoms with E-state index in [1.165, 1.54) is 10.7 Å². The van der Waals surface area contributed by atoms with Crippen molar-refractivity contribution in [1.29, 1.82) is 0 Å². The van der Waals surface area contributed by atoms with E-state index in [4.69, 9.17) is 4.74 Å². The number of methoxy groups -OCH3 is 1. The molecule has 1 aromatic heterocycles. The number of rotatable bonds is 4. The van der Waals surface area contributed by atoms with Crippen molar-refractivity contribution in [3.63, 3.8) is 0 Å². The molecule has 7 nitrogen and oxygen atoms in total. The van der Waals surface area contributed by atoms with Crippen LogP contribution < -0.4 is 9.64 Å². The van der Waals surface area contributed by atoms with Crippen LogP contribution in [0.4, 0.5) is 10.1 Å². The van der Waals surface area contributed by atoms with Gasteiger partial charge in [0, 0.05) is 31.9 Å². The highest BCUT2D eigenvalue weighted by molar-refractivity contribution is 5.92. The second-order valence-electron chi connectivity index (χ2n) is 6.96. The monoisotopic (exact) mass is 395 g/mol. The number of carbonyl (C=O) groups excluding carboxylic acids is 1. The van der Waals surface area contributed by atoms with Crippen LogP contribution in [0.5, 0.6) is 5.75 Å². The number of benzene rings is 2. The largest absolute Gasteiger partial charge is 0.497 e. The Morgan fingerprint density at radius 3 is 2.38 bits per heavy atom. The summed E-state index contributed by atoms with van der Waals surface area (Å²) in [6, 6.07) is 12.6. The minimum Gasteiger partial charge on any atom is -0.497 e. The molecule has 0 aliphatic carbocycles. The van der Waals surface area contributed by atoms with Gasteiger partial charge in [-0.05, 0) is 55.0 Å². The first kappa shape index (κ1) is 18.9. The molecule has 0 atom stereocenters. The molecule has 1 fully saturated rings. The van der Waals surface area contributed by atoms with Gasteiger partial charge in [-0.3, -0.25) is 4.79 Å². The molecule has 2 aromatic carbocycles. The number of hydrogen-bond donors (Lipinski definition) is 0. The van der Waals surface area contributed by atoms with Crippen molar-refractivity contribution in [2.24, 2.45) is 0 Å². The lowest BCUT2D eigenvalue weighted by Gasteiger charge is -2.35. The fourth-order valence-electron chi connectivity index (χ4n) is 3.38. The Balaban J connectivity index is 1.40. The first-order chi connectivity index (χ1) is 14.0. The molecule has 150 valence electrons. The Morgan fingerprint density at radius 2 is 1.72 bits per heavy atom. The molecule has 8 heteroatoms. The Hall–Kier alpha value is -3.42. The highest BCUT2D eigenvalue weighted by Gasteiger charge is 2.24. The van der Waals surface area contributed by atoms with Gasteiger partial charge in [0.1, 0.15) is 11.6 Å². The molecule has 0 radical (unpaired) electrons. The predicted octanol–water partition coefficient (Wildman–Crippen LogP) is 2.69. The van der Waals surface area contributed by atoms with Crippen molar-refractivity contribution in [3.05, 3.63) is 65.7 Å². The predicted molar refractivity (Wildman–Crippen MR) is 107 cm³/mol. The summed E-state index contributed by atoms with van der Waals surface area (Å²) >= 11 is 0. The quantitative estimate of drug-likeness (QED) is 0.680. The zero-order valence-corrected chi connectivity index (χ0v) is 16.4. The van der Waals surface area contributed by atoms with E-state index in [0.717, 1.165) is 24.5 Å². The summed E-state index contributed by atoms with van der Waals surface area (Å²) in [6.07, 6.45) is 1.59. The first-order valence-electron chi connectivity index (χ1n) is 9.42. The Kier molecular flexibility index (Phi) is 5.16. The van der Waals surface area contributed by atoms with Gasteiger partial charge in [-0.1, -0.05) is 5.21 Å². The van der Waals surface area contributed by atoms with Crippen LogP contribution in [0.2, 0.25) is 0 Å². The number of aromatic nitrogens is 3. The van der Waals surface area contributed by atoms with Gasteiger partial charge in [0.05, 0.1) is 19.0 Å². The molecule has 0 saturated carbocycles. The van der Waals surface area contributed by atoms with Crippen LogP contribution in [-0.2, 0) is 0 Å². The molecule has 1 aliphatic heterocycles. The zero-order valence-electron chi connectivity index (χ0n) is 16.4. The number of halogens is 1. The summed E-state index contributed by atoms with van der Waals surface area (Å²) in [4.78, 5) is 16.8. The molecule has 0 spiro atoms. The van der Waals surface area contributed by atoms with Gasteiger partial charge in [0.25, 0.3) is 5.91 Å². The Labute approximate surface area is 168 Å². The summed E-state index contributed by atoms with van der Waals surface area (Å²) in [5, 5.41) is 8.04. The summed E-state index contributed by atoms with van der Waals surface area (Å²) in [6.45, 7) is 4.37. The lowest BCUT2D eigenvalue weighted by atomic mass is 10.2. The number of piperazine rings is 1. The maximum absolute atomic E-state index is 13.5. The molecular formula is C21H22FN5O2. The van der Waals surface area contributed by atoms with E-state index in [0.29, 0.717) is 24.3 Å². The van der Waals surface area contributed by atoms with Crippen molar-refractivity contribution in [2.75, 3.05) is 38.2 Å². The highest BCUT2D eigenvalue weighted by atomic mass is 19.1. The van der Waals surface area contributed by atoms with Crippen LogP contribution in [-0.4, -0.2) is 59.1 Å². The average molecular weight is 395 g/mol. The third-order valence-electron chi connectivity index (χ3n) is 5.12. The van der Waals surface area contributed by atoms with E-state index in [1.807, 2.05) is 24.3 Å². The highest BCUT2D eigenvalue weighted by Crippen LogP contribution is 2.21. The topological polar surface area (TPSA) is 63.5 Å². The summed E-state index contributed by atoms with van der Waals surface area (Å²) < 4.78 is 20.2. The molecule has 2 heterocycles. The molecule has 0 N–H and O–H groups in total. The standard InChI is InChI=1S/C21H22FN5O2/c1-15-13-17(5-8-19(15)22)27-14-20(23-24-27)21(28)26-11-9-25(10-12-26)16-3-6-18(29-2)7-4-16/h3-8,13-14H,9-12H2,1-2H3. The van der Waals surface area contributed by atoms with Crippen molar-refractivity contribution in [2.45, 2.75) is 6.92 Å². The average Bonchev–Trinajstić information content (AvgIpc) is 3.25. The molecule has 0 bridgehead atoms. The zero-order chi connectivity index (χ0) is 20.4. The molecule has 1 amide bonds. The van der Waals surface area contributed by atoms with E-state index in [2.05, 4.69) is 15.2 Å². The normalized spacial score (nSPS) is 14.2. The number of aryl methyl sites for hydroxylation is 1. The third-order valence-corrected chi connectivity index (χ3v) is 5.12. The summed E-state index contributed by atoms with van der Waals surface area (Å²) in [5.74, 6) is 0.395. The maximum atomic E-state index is 13.5. The van der Waals surface area contributed by atoms with Crippen molar-refractivity contribution in [3.8, 4) is 11.4 Å². The number of carbonyl (C=O) groups is 1. The Morgan fingerprint density at radius 1 is 1.03 bits per heavy atom. The van der Waals surface area contributed by atoms with Crippen LogP contribution in [0.1, 0.15) is 16.1 Å². The summed E-state index contributed by atoms with van der Waals surface area (Å²) in [5.41, 5.74) is 2.57. The molecular weight excluding hydrogens is 373 g/mol. The molecule has 4 rings (SSSR count). The second-order valence-corrected chi connectivity index (χ2v) is 6.96. The number of nitrogens with zero attached hydrogens (tertiary/aromatic N) is 5. The van der Waals surface area contributed by atoms with E-state index >= 15 is 0 Å². The first-order valence-corrected chi connectivity index (χ1v) is 9.42. The van der Waals surface area contributed by atoms with Gasteiger partial charge in [0.2, 0.25) is 0 Å². The van der Waals surface area contributed by atoms with Crippen LogP contribution in [0.25, 0.3) is 5.69 Å². The smallest absolute Gasteiger partial charge is 0.276 e. The fourth-order valence-corrected chi connectivity index (χ4v) is 3.38. The van der Waals surface area contributed by atoms with E-state index in [9.17, 15) is 9.18 Å². The van der Waals surface area contributed by atoms with Gasteiger partial charge >= 0.3 is 0 Å². The molecule has 1 aliphatic rings. The SMILES string of the molecule is COc1ccc(N2CCN(C(=O)c3cn(-c4ccc(F)c(C)c4)nn3)CC2)cc1. The Bertz CT molecular complexity index is 1010. The van der Waals surface area contributed by atoms with Crippen LogP contribution in [0, 0.1) is 12.7 Å². The van der Waals surface area contributed by atoms with E-state index < -0.39 is 0 Å². The van der Waals surface area contributed by atoms with Gasteiger partial charge < -0.3 is 14.5 Å². The molecule has 0 unspecified atom stereocenters. The lowest BCUT2D eigenvalue weighted by molar-refractivity contribution is 0.0741. The number of hydrogen-bond acceptors (Lipinski definition) is 5. The molecule has 29 heavy (non-hydrogen) atoms. The van der Waals surface area contributed by atoms with Crippen LogP contribution in [0.3, 0.4) is 0 Å². The fraction of sp³-hybridized carbons (Fsp3) is 0.286. The number of ether oxygens (including phenoxy) is 1. The molecule has 3 aromatic rings. The third kappa shape index (κ3) is 3.91. The van der Waals surface area contributed by atoms with Gasteiger partial charge in [-0.15, -0.1) is 5.10 Å². The van der Waals surface area contributed by atoms with Gasteiger partial charge in [-0.2, -0.15) is 0 Å². The van der Waals surface area contributed by atoms with Crippen LogP contribution >= 0.6 is 0 Å². The summed E-state index contributed by atoms with van der Waals surface area (Å²) in [7, 11) is 1.65. The second kappa shape index (κ2) is 7.90. The van der Waals surface area contributed by atoms with Crippen molar-refractivity contribution >= 4 is 11.6 Å². The van der Waals surface area contributed by atoms with E-state index in [1.54, 1.807) is 37.3 Å². The minimum absolute atomic E-state index is 0.149. The maximum Gasteiger partial charge on any atom is 0.276 e. The number of anilines is 1. The number of amides is 1. The van der Waals surface area contributed by atoms with Crippen molar-refractivity contribution < 1.29 is 13.9 Å². The van der Waals surface area contributed by atoms with Gasteiger partial charge in [-0.25, -0.2) is 9.07 Å². The van der Waals surface area contributed by atoms with Gasteiger partial charge in [0.15, 0.2) is 5.69 Å². The minimum atomic E-state index is -0.278. The van der Waals surface area contributed by atoms with Crippen molar-refractivity contribution in [1.82, 2.24) is 19.9 Å². The lowest BCUT2D eigenvalue weighted by Crippen LogP contribution is -2.48.